The highest BCUT2D eigenvalue weighted by atomic mass is 35.5. The van der Waals surface area contributed by atoms with Gasteiger partial charge in [-0.05, 0) is 32.1 Å². The Balaban J connectivity index is 2.13. The number of imide groups is 1. The number of amides is 3. The predicted octanol–water partition coefficient (Wildman–Crippen LogP) is 3.34. The van der Waals surface area contributed by atoms with Gasteiger partial charge in [0.2, 0.25) is 0 Å². The van der Waals surface area contributed by atoms with Crippen molar-refractivity contribution < 1.29 is 19.1 Å². The Morgan fingerprint density at radius 1 is 1.28 bits per heavy atom. The second-order valence-electron chi connectivity index (χ2n) is 5.91. The Labute approximate surface area is 181 Å². The van der Waals surface area contributed by atoms with Crippen LogP contribution in [-0.4, -0.2) is 33.8 Å². The molecule has 1 atom stereocenters. The molecule has 0 aliphatic rings. The highest BCUT2D eigenvalue weighted by Gasteiger charge is 2.18. The maximum atomic E-state index is 11.9. The quantitative estimate of drug-likeness (QED) is 0.507. The van der Waals surface area contributed by atoms with Crippen molar-refractivity contribution >= 4 is 58.8 Å². The van der Waals surface area contributed by atoms with Crippen molar-refractivity contribution in [1.29, 1.82) is 0 Å². The second kappa shape index (κ2) is 9.78. The number of aromatic nitrogens is 2. The monoisotopic (exact) mass is 458 g/mol. The summed E-state index contributed by atoms with van der Waals surface area (Å²) >= 11 is 18.7. The number of nitrogens with zero attached hydrogens (tertiary/aromatic N) is 2. The number of hydrogen-bond acceptors (Lipinski definition) is 5. The molecule has 154 valence electrons. The normalized spacial score (nSPS) is 12.0. The molecule has 29 heavy (non-hydrogen) atoms. The molecule has 1 heterocycles. The minimum absolute atomic E-state index is 0.237. The summed E-state index contributed by atoms with van der Waals surface area (Å²) in [5.41, 5.74) is 6.54. The molecular formula is C18H17Cl3N4O4. The van der Waals surface area contributed by atoms with Crippen molar-refractivity contribution in [2.45, 2.75) is 26.5 Å². The number of aryl methyl sites for hydroxylation is 1. The van der Waals surface area contributed by atoms with Crippen molar-refractivity contribution in [2.24, 2.45) is 5.73 Å². The second-order valence-corrected chi connectivity index (χ2v) is 7.09. The fourth-order valence-electron chi connectivity index (χ4n) is 2.34. The third-order valence-corrected chi connectivity index (χ3v) is 4.88. The summed E-state index contributed by atoms with van der Waals surface area (Å²) in [6, 6.07) is 4.11. The van der Waals surface area contributed by atoms with Gasteiger partial charge in [0.25, 0.3) is 5.91 Å². The van der Waals surface area contributed by atoms with Crippen LogP contribution in [0.4, 0.5) is 4.79 Å². The van der Waals surface area contributed by atoms with E-state index in [1.54, 1.807) is 25.1 Å². The van der Waals surface area contributed by atoms with Crippen LogP contribution in [0.2, 0.25) is 15.2 Å². The van der Waals surface area contributed by atoms with Gasteiger partial charge in [-0.3, -0.25) is 10.1 Å². The van der Waals surface area contributed by atoms with E-state index in [9.17, 15) is 14.4 Å². The Kier molecular flexibility index (Phi) is 7.66. The Morgan fingerprint density at radius 3 is 2.48 bits per heavy atom. The van der Waals surface area contributed by atoms with Gasteiger partial charge >= 0.3 is 12.0 Å². The largest absolute Gasteiger partial charge is 0.449 e. The summed E-state index contributed by atoms with van der Waals surface area (Å²) in [6.07, 6.45) is 1.30. The van der Waals surface area contributed by atoms with Gasteiger partial charge in [0.15, 0.2) is 6.10 Å². The van der Waals surface area contributed by atoms with E-state index >= 15 is 0 Å². The van der Waals surface area contributed by atoms with Crippen LogP contribution in [0.3, 0.4) is 0 Å². The van der Waals surface area contributed by atoms with Crippen molar-refractivity contribution in [3.63, 3.8) is 0 Å². The lowest BCUT2D eigenvalue weighted by atomic mass is 10.2. The fourth-order valence-corrected chi connectivity index (χ4v) is 3.15. The maximum Gasteiger partial charge on any atom is 0.331 e. The molecule has 2 rings (SSSR count). The van der Waals surface area contributed by atoms with Crippen molar-refractivity contribution in [2.75, 3.05) is 0 Å². The number of primary amides is 1. The van der Waals surface area contributed by atoms with E-state index in [0.717, 1.165) is 6.08 Å². The number of ether oxygens (including phenoxy) is 1. The molecule has 2 aromatic rings. The highest BCUT2D eigenvalue weighted by Crippen LogP contribution is 2.28. The summed E-state index contributed by atoms with van der Waals surface area (Å²) in [5, 5.41) is 7.37. The molecule has 1 unspecified atom stereocenters. The first-order valence-electron chi connectivity index (χ1n) is 8.25. The summed E-state index contributed by atoms with van der Waals surface area (Å²) in [7, 11) is 0. The Morgan fingerprint density at radius 2 is 1.90 bits per heavy atom. The van der Waals surface area contributed by atoms with Crippen LogP contribution in [0.15, 0.2) is 24.3 Å². The number of nitrogens with one attached hydrogen (secondary N) is 1. The van der Waals surface area contributed by atoms with Crippen LogP contribution in [0.25, 0.3) is 6.08 Å². The lowest BCUT2D eigenvalue weighted by Crippen LogP contribution is -2.42. The van der Waals surface area contributed by atoms with E-state index in [-0.39, 0.29) is 11.7 Å². The molecule has 3 N–H and O–H groups in total. The first kappa shape index (κ1) is 22.7. The summed E-state index contributed by atoms with van der Waals surface area (Å²) < 4.78 is 6.40. The van der Waals surface area contributed by atoms with E-state index < -0.39 is 24.0 Å². The SMILES string of the molecule is Cc1nn(Cc2c(Cl)cccc2Cl)c(Cl)c1C=CC(=O)OC(C)C(=O)NC(N)=O. The van der Waals surface area contributed by atoms with Crippen molar-refractivity contribution in [1.82, 2.24) is 15.1 Å². The molecule has 0 saturated carbocycles. The number of carbonyl (C=O) groups excluding carboxylic acids is 3. The fraction of sp³-hybridized carbons (Fsp3) is 0.222. The number of benzene rings is 1. The molecule has 0 spiro atoms. The highest BCUT2D eigenvalue weighted by molar-refractivity contribution is 6.36. The molecule has 0 fully saturated rings. The Hall–Kier alpha value is -2.55. The molecule has 11 heteroatoms. The molecule has 0 saturated heterocycles. The number of halogens is 3. The maximum absolute atomic E-state index is 11.9. The number of hydrogen-bond donors (Lipinski definition) is 2. The first-order valence-corrected chi connectivity index (χ1v) is 9.38. The van der Waals surface area contributed by atoms with Gasteiger partial charge in [0.05, 0.1) is 12.2 Å². The van der Waals surface area contributed by atoms with Crippen LogP contribution in [-0.2, 0) is 20.9 Å². The lowest BCUT2D eigenvalue weighted by molar-refractivity contribution is -0.149. The summed E-state index contributed by atoms with van der Waals surface area (Å²) in [6.45, 7) is 3.25. The topological polar surface area (TPSA) is 116 Å². The van der Waals surface area contributed by atoms with E-state index in [1.807, 2.05) is 5.32 Å². The van der Waals surface area contributed by atoms with E-state index in [0.29, 0.717) is 26.9 Å². The molecule has 0 aliphatic carbocycles. The van der Waals surface area contributed by atoms with Crippen LogP contribution in [0.5, 0.6) is 0 Å². The zero-order chi connectivity index (χ0) is 21.7. The third-order valence-electron chi connectivity index (χ3n) is 3.77. The van der Waals surface area contributed by atoms with Crippen LogP contribution in [0.1, 0.15) is 23.7 Å². The molecule has 8 nitrogen and oxygen atoms in total. The van der Waals surface area contributed by atoms with Gasteiger partial charge in [-0.1, -0.05) is 40.9 Å². The van der Waals surface area contributed by atoms with Gasteiger partial charge in [-0.2, -0.15) is 5.10 Å². The van der Waals surface area contributed by atoms with Crippen LogP contribution < -0.4 is 11.1 Å². The zero-order valence-electron chi connectivity index (χ0n) is 15.4. The first-order chi connectivity index (χ1) is 13.6. The lowest BCUT2D eigenvalue weighted by Gasteiger charge is -2.10. The van der Waals surface area contributed by atoms with Crippen molar-refractivity contribution in [3.05, 3.63) is 56.3 Å². The third kappa shape index (κ3) is 5.96. The van der Waals surface area contributed by atoms with Gasteiger partial charge in [0.1, 0.15) is 5.15 Å². The number of carbonyl (C=O) groups is 3. The van der Waals surface area contributed by atoms with Crippen LogP contribution >= 0.6 is 34.8 Å². The minimum atomic E-state index is -1.21. The zero-order valence-corrected chi connectivity index (χ0v) is 17.7. The molecule has 0 radical (unpaired) electrons. The van der Waals surface area contributed by atoms with Gasteiger partial charge in [0, 0.05) is 27.2 Å². The molecule has 1 aromatic heterocycles. The van der Waals surface area contributed by atoms with Gasteiger partial charge in [-0.15, -0.1) is 0 Å². The average molecular weight is 460 g/mol. The van der Waals surface area contributed by atoms with Gasteiger partial charge < -0.3 is 10.5 Å². The summed E-state index contributed by atoms with van der Waals surface area (Å²) in [4.78, 5) is 34.1. The van der Waals surface area contributed by atoms with Gasteiger partial charge in [-0.25, -0.2) is 14.3 Å². The average Bonchev–Trinajstić information content (AvgIpc) is 2.89. The Bertz CT molecular complexity index is 967. The van der Waals surface area contributed by atoms with Crippen LogP contribution in [0, 0.1) is 6.92 Å². The van der Waals surface area contributed by atoms with E-state index in [1.165, 1.54) is 17.7 Å². The van der Waals surface area contributed by atoms with E-state index in [4.69, 9.17) is 45.3 Å². The number of esters is 1. The van der Waals surface area contributed by atoms with E-state index in [2.05, 4.69) is 5.10 Å². The molecular weight excluding hydrogens is 443 g/mol. The smallest absolute Gasteiger partial charge is 0.331 e. The number of nitrogens with two attached hydrogens (primary N) is 1. The molecule has 0 aliphatic heterocycles. The standard InChI is InChI=1S/C18H17Cl3N4O4/c1-9-11(6-7-15(26)29-10(2)17(27)23-18(22)28)16(21)25(24-9)8-12-13(19)4-3-5-14(12)20/h3-7,10H,8H2,1-2H3,(H3,22,23,27,28). The number of urea groups is 1. The molecule has 3 amide bonds. The number of rotatable bonds is 6. The minimum Gasteiger partial charge on any atom is -0.449 e. The van der Waals surface area contributed by atoms with Crippen molar-refractivity contribution in [3.8, 4) is 0 Å². The molecule has 1 aromatic carbocycles. The molecule has 0 bridgehead atoms. The summed E-state index contributed by atoms with van der Waals surface area (Å²) in [5.74, 6) is -1.65. The predicted molar refractivity (Wildman–Crippen MR) is 110 cm³/mol.